The van der Waals surface area contributed by atoms with E-state index in [1.165, 1.54) is 19.3 Å². The highest BCUT2D eigenvalue weighted by Crippen LogP contribution is 2.34. The molecule has 0 aliphatic carbocycles. The van der Waals surface area contributed by atoms with Crippen molar-refractivity contribution in [2.45, 2.75) is 85.5 Å². The van der Waals surface area contributed by atoms with Gasteiger partial charge in [-0.3, -0.25) is 4.79 Å². The number of hydrogen-bond acceptors (Lipinski definition) is 2. The molecule has 0 amide bonds. The number of esters is 1. The standard InChI is InChI=1S/C16H32O2/c1-5-9-11-12-14-18-15(17)16(7-3,8-4)13-10-6-2/h5-14H2,1-4H3. The summed E-state index contributed by atoms with van der Waals surface area (Å²) in [5.74, 6) is 0.0393. The lowest BCUT2D eigenvalue weighted by Crippen LogP contribution is -2.32. The first kappa shape index (κ1) is 17.5. The minimum absolute atomic E-state index is 0.0393. The van der Waals surface area contributed by atoms with E-state index in [9.17, 15) is 4.79 Å². The smallest absolute Gasteiger partial charge is 0.312 e. The molecule has 0 radical (unpaired) electrons. The van der Waals surface area contributed by atoms with E-state index in [2.05, 4.69) is 27.7 Å². The summed E-state index contributed by atoms with van der Waals surface area (Å²) in [6.07, 6.45) is 9.68. The van der Waals surface area contributed by atoms with E-state index in [-0.39, 0.29) is 11.4 Å². The Morgan fingerprint density at radius 3 is 2.00 bits per heavy atom. The van der Waals surface area contributed by atoms with Crippen molar-refractivity contribution in [1.82, 2.24) is 0 Å². The van der Waals surface area contributed by atoms with Crippen LogP contribution in [0.15, 0.2) is 0 Å². The maximum atomic E-state index is 12.2. The minimum atomic E-state index is -0.221. The van der Waals surface area contributed by atoms with Gasteiger partial charge < -0.3 is 4.74 Å². The van der Waals surface area contributed by atoms with Crippen molar-refractivity contribution in [3.05, 3.63) is 0 Å². The number of carbonyl (C=O) groups excluding carboxylic acids is 1. The second kappa shape index (κ2) is 10.4. The molecule has 18 heavy (non-hydrogen) atoms. The first-order valence-electron chi connectivity index (χ1n) is 7.84. The van der Waals surface area contributed by atoms with Gasteiger partial charge in [-0.15, -0.1) is 0 Å². The van der Waals surface area contributed by atoms with Gasteiger partial charge in [0.1, 0.15) is 0 Å². The summed E-state index contributed by atoms with van der Waals surface area (Å²) in [4.78, 5) is 12.2. The highest BCUT2D eigenvalue weighted by molar-refractivity contribution is 5.76. The van der Waals surface area contributed by atoms with Crippen LogP contribution in [0.2, 0.25) is 0 Å². The summed E-state index contributed by atoms with van der Waals surface area (Å²) < 4.78 is 5.49. The predicted molar refractivity (Wildman–Crippen MR) is 77.6 cm³/mol. The average Bonchev–Trinajstić information content (AvgIpc) is 2.40. The summed E-state index contributed by atoms with van der Waals surface area (Å²) in [5, 5.41) is 0. The number of ether oxygens (including phenoxy) is 1. The highest BCUT2D eigenvalue weighted by Gasteiger charge is 2.35. The van der Waals surface area contributed by atoms with Crippen LogP contribution in [0.3, 0.4) is 0 Å². The summed E-state index contributed by atoms with van der Waals surface area (Å²) in [6.45, 7) is 9.18. The van der Waals surface area contributed by atoms with E-state index in [1.807, 2.05) is 0 Å². The number of carbonyl (C=O) groups is 1. The van der Waals surface area contributed by atoms with Gasteiger partial charge in [-0.05, 0) is 25.7 Å². The molecular formula is C16H32O2. The zero-order chi connectivity index (χ0) is 13.9. The van der Waals surface area contributed by atoms with E-state index < -0.39 is 0 Å². The van der Waals surface area contributed by atoms with Gasteiger partial charge >= 0.3 is 5.97 Å². The third-order valence-electron chi connectivity index (χ3n) is 4.03. The molecule has 0 N–H and O–H groups in total. The zero-order valence-electron chi connectivity index (χ0n) is 12.9. The summed E-state index contributed by atoms with van der Waals surface area (Å²) in [7, 11) is 0. The molecule has 2 heteroatoms. The van der Waals surface area contributed by atoms with Crippen molar-refractivity contribution < 1.29 is 9.53 Å². The van der Waals surface area contributed by atoms with Gasteiger partial charge in [0.25, 0.3) is 0 Å². The molecule has 0 saturated carbocycles. The van der Waals surface area contributed by atoms with E-state index in [0.717, 1.165) is 38.5 Å². The number of unbranched alkanes of at least 4 members (excludes halogenated alkanes) is 4. The van der Waals surface area contributed by atoms with Crippen LogP contribution in [0.25, 0.3) is 0 Å². The Hall–Kier alpha value is -0.530. The SMILES string of the molecule is CCCCCCOC(=O)C(CC)(CC)CCCC. The summed E-state index contributed by atoms with van der Waals surface area (Å²) >= 11 is 0. The lowest BCUT2D eigenvalue weighted by atomic mass is 9.78. The lowest BCUT2D eigenvalue weighted by molar-refractivity contribution is -0.157. The van der Waals surface area contributed by atoms with Gasteiger partial charge in [0.15, 0.2) is 0 Å². The third kappa shape index (κ3) is 5.88. The van der Waals surface area contributed by atoms with Crippen molar-refractivity contribution in [1.29, 1.82) is 0 Å². The van der Waals surface area contributed by atoms with Crippen molar-refractivity contribution in [2.75, 3.05) is 6.61 Å². The highest BCUT2D eigenvalue weighted by atomic mass is 16.5. The second-order valence-electron chi connectivity index (χ2n) is 5.29. The van der Waals surface area contributed by atoms with Crippen LogP contribution in [-0.2, 0) is 9.53 Å². The van der Waals surface area contributed by atoms with Crippen LogP contribution in [0.1, 0.15) is 85.5 Å². The summed E-state index contributed by atoms with van der Waals surface area (Å²) in [6, 6.07) is 0. The molecule has 0 heterocycles. The van der Waals surface area contributed by atoms with E-state index >= 15 is 0 Å². The first-order chi connectivity index (χ1) is 8.66. The van der Waals surface area contributed by atoms with Crippen LogP contribution in [-0.4, -0.2) is 12.6 Å². The van der Waals surface area contributed by atoms with Crippen LogP contribution in [0.5, 0.6) is 0 Å². The largest absolute Gasteiger partial charge is 0.465 e. The fraction of sp³-hybridized carbons (Fsp3) is 0.938. The van der Waals surface area contributed by atoms with Gasteiger partial charge in [0.05, 0.1) is 12.0 Å². The molecule has 0 aromatic heterocycles. The van der Waals surface area contributed by atoms with Gasteiger partial charge in [-0.25, -0.2) is 0 Å². The summed E-state index contributed by atoms with van der Waals surface area (Å²) in [5.41, 5.74) is -0.221. The monoisotopic (exact) mass is 256 g/mol. The normalized spacial score (nSPS) is 11.6. The first-order valence-corrected chi connectivity index (χ1v) is 7.84. The molecule has 0 unspecified atom stereocenters. The van der Waals surface area contributed by atoms with Crippen molar-refractivity contribution in [3.63, 3.8) is 0 Å². The van der Waals surface area contributed by atoms with Crippen molar-refractivity contribution >= 4 is 5.97 Å². The Morgan fingerprint density at radius 2 is 1.50 bits per heavy atom. The minimum Gasteiger partial charge on any atom is -0.465 e. The molecule has 0 saturated heterocycles. The molecule has 0 aromatic carbocycles. The number of hydrogen-bond donors (Lipinski definition) is 0. The molecule has 0 aromatic rings. The molecule has 0 atom stereocenters. The molecule has 0 fully saturated rings. The van der Waals surface area contributed by atoms with Crippen molar-refractivity contribution in [3.8, 4) is 0 Å². The van der Waals surface area contributed by atoms with Crippen LogP contribution in [0.4, 0.5) is 0 Å². The molecule has 108 valence electrons. The van der Waals surface area contributed by atoms with E-state index in [1.54, 1.807) is 0 Å². The average molecular weight is 256 g/mol. The molecule has 2 nitrogen and oxygen atoms in total. The fourth-order valence-corrected chi connectivity index (χ4v) is 2.36. The molecule has 0 rings (SSSR count). The molecule has 0 bridgehead atoms. The van der Waals surface area contributed by atoms with Crippen LogP contribution < -0.4 is 0 Å². The Labute approximate surface area is 113 Å². The van der Waals surface area contributed by atoms with Gasteiger partial charge in [-0.1, -0.05) is 59.8 Å². The van der Waals surface area contributed by atoms with Gasteiger partial charge in [0.2, 0.25) is 0 Å². The van der Waals surface area contributed by atoms with E-state index in [4.69, 9.17) is 4.74 Å². The Morgan fingerprint density at radius 1 is 0.889 bits per heavy atom. The Kier molecular flexibility index (Phi) is 10.1. The maximum Gasteiger partial charge on any atom is 0.312 e. The van der Waals surface area contributed by atoms with E-state index in [0.29, 0.717) is 6.61 Å². The van der Waals surface area contributed by atoms with Crippen LogP contribution >= 0.6 is 0 Å². The topological polar surface area (TPSA) is 26.3 Å². The predicted octanol–water partition coefficient (Wildman–Crippen LogP) is 5.11. The van der Waals surface area contributed by atoms with Gasteiger partial charge in [0, 0.05) is 0 Å². The third-order valence-corrected chi connectivity index (χ3v) is 4.03. The lowest BCUT2D eigenvalue weighted by Gasteiger charge is -2.29. The van der Waals surface area contributed by atoms with Crippen LogP contribution in [0, 0.1) is 5.41 Å². The fourth-order valence-electron chi connectivity index (χ4n) is 2.36. The molecule has 0 spiro atoms. The van der Waals surface area contributed by atoms with Gasteiger partial charge in [-0.2, -0.15) is 0 Å². The maximum absolute atomic E-state index is 12.2. The number of rotatable bonds is 11. The Bertz CT molecular complexity index is 207. The molecule has 0 aliphatic rings. The zero-order valence-corrected chi connectivity index (χ0v) is 12.9. The quantitative estimate of drug-likeness (QED) is 0.379. The Balaban J connectivity index is 4.13. The van der Waals surface area contributed by atoms with Crippen molar-refractivity contribution in [2.24, 2.45) is 5.41 Å². The molecule has 0 aliphatic heterocycles. The molecular weight excluding hydrogens is 224 g/mol. The second-order valence-corrected chi connectivity index (χ2v) is 5.29.